The van der Waals surface area contributed by atoms with Gasteiger partial charge in [-0.1, -0.05) is 55.3 Å². The number of amides is 2. The van der Waals surface area contributed by atoms with E-state index in [1.807, 2.05) is 49.9 Å². The first kappa shape index (κ1) is 36.7. The smallest absolute Gasteiger partial charge is 0.410 e. The molecule has 47 heavy (non-hydrogen) atoms. The summed E-state index contributed by atoms with van der Waals surface area (Å²) < 4.78 is 22.5. The van der Waals surface area contributed by atoms with Crippen LogP contribution in [0.2, 0.25) is 0 Å². The lowest BCUT2D eigenvalue weighted by Gasteiger charge is -2.43. The van der Waals surface area contributed by atoms with E-state index < -0.39 is 17.3 Å². The molecule has 0 bridgehead atoms. The maximum Gasteiger partial charge on any atom is 0.410 e. The van der Waals surface area contributed by atoms with E-state index in [4.69, 9.17) is 18.9 Å². The van der Waals surface area contributed by atoms with E-state index in [9.17, 15) is 14.7 Å². The maximum atomic E-state index is 13.4. The Morgan fingerprint density at radius 1 is 1.00 bits per heavy atom. The molecular weight excluding hydrogens is 596 g/mol. The Balaban J connectivity index is 1.39. The fraction of sp³-hybridized carbons (Fsp3) is 0.632. The van der Waals surface area contributed by atoms with E-state index in [1.165, 1.54) is 12.8 Å². The number of carbonyl (C=O) groups excluding carboxylic acids is 2. The van der Waals surface area contributed by atoms with Gasteiger partial charge in [0.25, 0.3) is 0 Å². The molecule has 9 heteroatoms. The Bertz CT molecular complexity index is 1280. The summed E-state index contributed by atoms with van der Waals surface area (Å²) in [6, 6.07) is 16.2. The zero-order valence-corrected chi connectivity index (χ0v) is 29.3. The Labute approximate surface area is 281 Å². The summed E-state index contributed by atoms with van der Waals surface area (Å²) in [6.07, 6.45) is 6.22. The quantitative estimate of drug-likeness (QED) is 0.180. The van der Waals surface area contributed by atoms with Gasteiger partial charge >= 0.3 is 6.09 Å². The van der Waals surface area contributed by atoms with Crippen molar-refractivity contribution in [1.82, 2.24) is 9.80 Å². The minimum absolute atomic E-state index is 0.0537. The number of ether oxygens (including phenoxy) is 4. The van der Waals surface area contributed by atoms with Crippen LogP contribution >= 0.6 is 0 Å². The number of phenols is 1. The van der Waals surface area contributed by atoms with E-state index in [0.717, 1.165) is 29.5 Å². The second kappa shape index (κ2) is 16.8. The number of likely N-dealkylation sites (tertiary alicyclic amines) is 1. The third-order valence-electron chi connectivity index (χ3n) is 9.93. The highest BCUT2D eigenvalue weighted by atomic mass is 16.7. The Kier molecular flexibility index (Phi) is 13.1. The molecule has 2 fully saturated rings. The minimum atomic E-state index is -0.558. The van der Waals surface area contributed by atoms with Gasteiger partial charge in [0.15, 0.2) is 6.29 Å². The van der Waals surface area contributed by atoms with Gasteiger partial charge in [-0.15, -0.1) is 0 Å². The number of hydrogen-bond acceptors (Lipinski definition) is 7. The molecule has 2 amide bonds. The number of rotatable bonds is 14. The molecular formula is C38H56N2O7. The van der Waals surface area contributed by atoms with Crippen molar-refractivity contribution >= 4 is 12.0 Å². The van der Waals surface area contributed by atoms with Crippen molar-refractivity contribution in [3.63, 3.8) is 0 Å². The van der Waals surface area contributed by atoms with E-state index in [0.29, 0.717) is 64.4 Å². The number of phenolic OH excluding ortho intramolecular Hbond substituents is 1. The SMILES string of the molecule is COC(CN(C(=O)CCOCCc1ccc(O)c(C2(c3ccccc3)CCN(C(=O)OC(C)(C)C)CC2)c1)C(C)C1CCCC1)OC. The Morgan fingerprint density at radius 2 is 1.66 bits per heavy atom. The molecule has 1 atom stereocenters. The number of benzene rings is 2. The van der Waals surface area contributed by atoms with Gasteiger partial charge in [0.05, 0.1) is 26.2 Å². The van der Waals surface area contributed by atoms with Gasteiger partial charge < -0.3 is 33.9 Å². The predicted molar refractivity (Wildman–Crippen MR) is 182 cm³/mol. The molecule has 1 heterocycles. The lowest BCUT2D eigenvalue weighted by Crippen LogP contribution is -2.47. The summed E-state index contributed by atoms with van der Waals surface area (Å²) in [6.45, 7) is 10.0. The van der Waals surface area contributed by atoms with Crippen molar-refractivity contribution < 1.29 is 33.6 Å². The van der Waals surface area contributed by atoms with Crippen molar-refractivity contribution in [1.29, 1.82) is 0 Å². The van der Waals surface area contributed by atoms with Gasteiger partial charge in [0.1, 0.15) is 11.4 Å². The van der Waals surface area contributed by atoms with E-state index in [-0.39, 0.29) is 23.8 Å². The summed E-state index contributed by atoms with van der Waals surface area (Å²) in [4.78, 5) is 29.9. The van der Waals surface area contributed by atoms with Crippen molar-refractivity contribution in [3.05, 3.63) is 65.2 Å². The second-order valence-electron chi connectivity index (χ2n) is 14.1. The lowest BCUT2D eigenvalue weighted by atomic mass is 9.67. The van der Waals surface area contributed by atoms with Crippen LogP contribution in [0.3, 0.4) is 0 Å². The molecule has 1 N–H and O–H groups in total. The average molecular weight is 653 g/mol. The van der Waals surface area contributed by atoms with Crippen LogP contribution in [0.5, 0.6) is 5.75 Å². The first-order valence-electron chi connectivity index (χ1n) is 17.3. The van der Waals surface area contributed by atoms with Crippen LogP contribution in [0.15, 0.2) is 48.5 Å². The Hall–Kier alpha value is -3.14. The van der Waals surface area contributed by atoms with Crippen LogP contribution in [0.25, 0.3) is 0 Å². The molecule has 9 nitrogen and oxygen atoms in total. The highest BCUT2D eigenvalue weighted by molar-refractivity contribution is 5.76. The molecule has 1 aliphatic carbocycles. The average Bonchev–Trinajstić information content (AvgIpc) is 3.61. The van der Waals surface area contributed by atoms with E-state index in [1.54, 1.807) is 25.2 Å². The number of carbonyl (C=O) groups is 2. The molecule has 260 valence electrons. The van der Waals surface area contributed by atoms with Crippen molar-refractivity contribution in [3.8, 4) is 5.75 Å². The predicted octanol–water partition coefficient (Wildman–Crippen LogP) is 6.68. The van der Waals surface area contributed by atoms with E-state index in [2.05, 4.69) is 25.1 Å². The summed E-state index contributed by atoms with van der Waals surface area (Å²) in [7, 11) is 3.20. The molecule has 2 aromatic rings. The van der Waals surface area contributed by atoms with Gasteiger partial charge in [0.2, 0.25) is 5.91 Å². The molecule has 1 aliphatic heterocycles. The van der Waals surface area contributed by atoms with Crippen LogP contribution in [-0.4, -0.2) is 91.9 Å². The van der Waals surface area contributed by atoms with Gasteiger partial charge in [-0.2, -0.15) is 0 Å². The highest BCUT2D eigenvalue weighted by Crippen LogP contribution is 2.45. The summed E-state index contributed by atoms with van der Waals surface area (Å²) >= 11 is 0. The third-order valence-corrected chi connectivity index (χ3v) is 9.93. The molecule has 1 saturated heterocycles. The van der Waals surface area contributed by atoms with Crippen molar-refractivity contribution in [2.45, 2.75) is 102 Å². The van der Waals surface area contributed by atoms with Crippen LogP contribution < -0.4 is 0 Å². The maximum absolute atomic E-state index is 13.4. The van der Waals surface area contributed by atoms with Crippen LogP contribution in [0.1, 0.15) is 89.3 Å². The van der Waals surface area contributed by atoms with Crippen LogP contribution in [0, 0.1) is 5.92 Å². The highest BCUT2D eigenvalue weighted by Gasteiger charge is 2.41. The standard InChI is InChI=1S/C38H56N2O7/c1-28(30-12-10-11-13-30)40(27-35(44-5)45-6)34(42)19-25-46-24-18-29-16-17-33(41)32(26-29)38(31-14-8-7-9-15-31)20-22-39(23-21-38)36(43)47-37(2,3)4/h7-9,14-17,26,28,30,35,41H,10-13,18-25,27H2,1-6H3. The fourth-order valence-corrected chi connectivity index (χ4v) is 7.18. The van der Waals surface area contributed by atoms with Gasteiger partial charge in [0, 0.05) is 44.3 Å². The van der Waals surface area contributed by atoms with E-state index >= 15 is 0 Å². The lowest BCUT2D eigenvalue weighted by molar-refractivity contribution is -0.151. The number of nitrogens with zero attached hydrogens (tertiary/aromatic N) is 2. The Morgan fingerprint density at radius 3 is 2.28 bits per heavy atom. The van der Waals surface area contributed by atoms with Crippen LogP contribution in [-0.2, 0) is 35.6 Å². The first-order chi connectivity index (χ1) is 22.5. The zero-order chi connectivity index (χ0) is 34.0. The van der Waals surface area contributed by atoms with Gasteiger partial charge in [-0.3, -0.25) is 4.79 Å². The number of hydrogen-bond donors (Lipinski definition) is 1. The van der Waals surface area contributed by atoms with Crippen molar-refractivity contribution in [2.75, 3.05) is 47.1 Å². The minimum Gasteiger partial charge on any atom is -0.508 e. The van der Waals surface area contributed by atoms with Crippen LogP contribution in [0.4, 0.5) is 4.79 Å². The second-order valence-corrected chi connectivity index (χ2v) is 14.1. The molecule has 1 unspecified atom stereocenters. The first-order valence-corrected chi connectivity index (χ1v) is 17.3. The third kappa shape index (κ3) is 9.71. The molecule has 0 radical (unpaired) electrons. The zero-order valence-electron chi connectivity index (χ0n) is 29.3. The van der Waals surface area contributed by atoms with Gasteiger partial charge in [-0.05, 0) is 82.9 Å². The molecule has 4 rings (SSSR count). The summed E-state index contributed by atoms with van der Waals surface area (Å²) in [5, 5.41) is 11.2. The summed E-state index contributed by atoms with van der Waals surface area (Å²) in [5.41, 5.74) is 2.02. The van der Waals surface area contributed by atoms with Crippen molar-refractivity contribution in [2.24, 2.45) is 5.92 Å². The monoisotopic (exact) mass is 652 g/mol. The normalized spacial score (nSPS) is 17.6. The van der Waals surface area contributed by atoms with Gasteiger partial charge in [-0.25, -0.2) is 4.79 Å². The number of methoxy groups -OCH3 is 2. The fourth-order valence-electron chi connectivity index (χ4n) is 7.18. The molecule has 1 saturated carbocycles. The molecule has 2 aromatic carbocycles. The topological polar surface area (TPSA) is 97.8 Å². The number of piperidine rings is 1. The molecule has 0 aromatic heterocycles. The molecule has 2 aliphatic rings. The number of aromatic hydroxyl groups is 1. The summed E-state index contributed by atoms with van der Waals surface area (Å²) in [5.74, 6) is 0.802. The molecule has 0 spiro atoms. The largest absolute Gasteiger partial charge is 0.508 e.